The zero-order valence-electron chi connectivity index (χ0n) is 15.3. The Labute approximate surface area is 161 Å². The molecule has 142 valence electrons. The Balaban J connectivity index is 1.43. The molecule has 2 aromatic heterocycles. The van der Waals surface area contributed by atoms with Crippen molar-refractivity contribution >= 4 is 17.2 Å². The molecule has 0 saturated heterocycles. The molecule has 27 heavy (non-hydrogen) atoms. The van der Waals surface area contributed by atoms with E-state index in [2.05, 4.69) is 10.1 Å². The van der Waals surface area contributed by atoms with Crippen molar-refractivity contribution in [3.63, 3.8) is 0 Å². The summed E-state index contributed by atoms with van der Waals surface area (Å²) in [6.07, 6.45) is 0.945. The fourth-order valence-corrected chi connectivity index (χ4v) is 3.05. The van der Waals surface area contributed by atoms with Crippen LogP contribution in [0, 0.1) is 0 Å². The van der Waals surface area contributed by atoms with E-state index in [9.17, 15) is 4.79 Å². The number of carbonyl (C=O) groups excluding carboxylic acids is 1. The van der Waals surface area contributed by atoms with E-state index in [0.29, 0.717) is 36.9 Å². The number of likely N-dealkylation sites (N-methyl/N-ethyl adjacent to an activating group) is 1. The third-order valence-electron chi connectivity index (χ3n) is 3.93. The van der Waals surface area contributed by atoms with Crippen LogP contribution in [0.4, 0.5) is 0 Å². The van der Waals surface area contributed by atoms with Gasteiger partial charge in [0.25, 0.3) is 5.89 Å². The summed E-state index contributed by atoms with van der Waals surface area (Å²) in [6, 6.07) is 11.2. The van der Waals surface area contributed by atoms with Crippen molar-refractivity contribution in [2.75, 3.05) is 20.7 Å². The van der Waals surface area contributed by atoms with Crippen LogP contribution in [0.1, 0.15) is 16.6 Å². The molecular weight excluding hydrogens is 366 g/mol. The fraction of sp³-hybridized carbons (Fsp3) is 0.316. The summed E-state index contributed by atoms with van der Waals surface area (Å²) in [7, 11) is 3.40. The minimum absolute atomic E-state index is 0.0732. The molecule has 0 aliphatic carbocycles. The van der Waals surface area contributed by atoms with Crippen LogP contribution in [0.3, 0.4) is 0 Å². The Bertz CT molecular complexity index is 846. The molecule has 0 aliphatic heterocycles. The van der Waals surface area contributed by atoms with E-state index in [4.69, 9.17) is 14.0 Å². The van der Waals surface area contributed by atoms with E-state index in [1.54, 1.807) is 30.4 Å². The second kappa shape index (κ2) is 9.18. The van der Waals surface area contributed by atoms with Gasteiger partial charge in [0.1, 0.15) is 11.5 Å². The molecule has 3 rings (SSSR count). The van der Waals surface area contributed by atoms with Crippen LogP contribution in [-0.2, 0) is 24.2 Å². The molecule has 0 atom stereocenters. The summed E-state index contributed by atoms with van der Waals surface area (Å²) in [5.41, 5.74) is 0. The first-order valence-electron chi connectivity index (χ1n) is 8.48. The van der Waals surface area contributed by atoms with Gasteiger partial charge in [-0.3, -0.25) is 4.79 Å². The minimum atomic E-state index is 0.0732. The van der Waals surface area contributed by atoms with Crippen molar-refractivity contribution < 1.29 is 18.8 Å². The van der Waals surface area contributed by atoms with Crippen molar-refractivity contribution in [1.29, 1.82) is 0 Å². The molecule has 0 aliphatic rings. The van der Waals surface area contributed by atoms with E-state index in [1.807, 2.05) is 41.8 Å². The van der Waals surface area contributed by atoms with Crippen LogP contribution >= 0.6 is 11.3 Å². The third-order valence-corrected chi connectivity index (χ3v) is 4.81. The van der Waals surface area contributed by atoms with Crippen molar-refractivity contribution in [3.05, 3.63) is 58.4 Å². The van der Waals surface area contributed by atoms with Crippen LogP contribution in [-0.4, -0.2) is 41.6 Å². The number of ether oxygens (including phenoxy) is 2. The predicted molar refractivity (Wildman–Crippen MR) is 101 cm³/mol. The van der Waals surface area contributed by atoms with Gasteiger partial charge >= 0.3 is 0 Å². The van der Waals surface area contributed by atoms with Gasteiger partial charge < -0.3 is 18.9 Å². The van der Waals surface area contributed by atoms with Gasteiger partial charge in [-0.1, -0.05) is 11.2 Å². The first kappa shape index (κ1) is 18.9. The number of hydrogen-bond acceptors (Lipinski definition) is 7. The Morgan fingerprint density at radius 2 is 2.00 bits per heavy atom. The first-order valence-corrected chi connectivity index (χ1v) is 9.36. The third kappa shape index (κ3) is 5.55. The van der Waals surface area contributed by atoms with Crippen LogP contribution < -0.4 is 9.47 Å². The highest BCUT2D eigenvalue weighted by molar-refractivity contribution is 7.10. The number of hydrogen-bond donors (Lipinski definition) is 0. The lowest BCUT2D eigenvalue weighted by atomic mass is 10.3. The monoisotopic (exact) mass is 387 g/mol. The maximum Gasteiger partial charge on any atom is 0.264 e. The Morgan fingerprint density at radius 1 is 1.22 bits per heavy atom. The zero-order chi connectivity index (χ0) is 19.1. The van der Waals surface area contributed by atoms with E-state index < -0.39 is 0 Å². The largest absolute Gasteiger partial charge is 0.497 e. The molecule has 0 fully saturated rings. The van der Waals surface area contributed by atoms with E-state index in [0.717, 1.165) is 10.6 Å². The quantitative estimate of drug-likeness (QED) is 0.562. The van der Waals surface area contributed by atoms with Gasteiger partial charge in [-0.05, 0) is 35.7 Å². The molecule has 0 spiro atoms. The lowest BCUT2D eigenvalue weighted by molar-refractivity contribution is -0.129. The van der Waals surface area contributed by atoms with E-state index in [-0.39, 0.29) is 12.5 Å². The van der Waals surface area contributed by atoms with Gasteiger partial charge in [0.15, 0.2) is 12.4 Å². The van der Waals surface area contributed by atoms with Crippen LogP contribution in [0.25, 0.3) is 0 Å². The number of carbonyl (C=O) groups is 1. The summed E-state index contributed by atoms with van der Waals surface area (Å²) >= 11 is 1.58. The van der Waals surface area contributed by atoms with Gasteiger partial charge in [0, 0.05) is 24.9 Å². The molecule has 3 aromatic rings. The molecule has 1 amide bonds. The van der Waals surface area contributed by atoms with Gasteiger partial charge in [-0.2, -0.15) is 4.98 Å². The summed E-state index contributed by atoms with van der Waals surface area (Å²) in [5, 5.41) is 5.91. The normalized spacial score (nSPS) is 10.6. The molecule has 0 unspecified atom stereocenters. The summed E-state index contributed by atoms with van der Waals surface area (Å²) in [5.74, 6) is 2.48. The number of amides is 1. The van der Waals surface area contributed by atoms with Crippen molar-refractivity contribution in [1.82, 2.24) is 15.0 Å². The highest BCUT2D eigenvalue weighted by Gasteiger charge is 2.13. The first-order chi connectivity index (χ1) is 13.1. The Hall–Kier alpha value is -2.87. The minimum Gasteiger partial charge on any atom is -0.497 e. The topological polar surface area (TPSA) is 77.7 Å². The van der Waals surface area contributed by atoms with Crippen LogP contribution in [0.2, 0.25) is 0 Å². The number of rotatable bonds is 9. The van der Waals surface area contributed by atoms with Gasteiger partial charge in [-0.25, -0.2) is 0 Å². The van der Waals surface area contributed by atoms with Gasteiger partial charge in [0.2, 0.25) is 5.91 Å². The molecule has 2 heterocycles. The molecular formula is C19H21N3O4S. The van der Waals surface area contributed by atoms with Crippen molar-refractivity contribution in [2.45, 2.75) is 19.4 Å². The lowest BCUT2D eigenvalue weighted by Crippen LogP contribution is -2.30. The second-order valence-electron chi connectivity index (χ2n) is 5.89. The zero-order valence-corrected chi connectivity index (χ0v) is 16.1. The molecule has 8 heteroatoms. The van der Waals surface area contributed by atoms with Crippen LogP contribution in [0.5, 0.6) is 11.5 Å². The molecule has 0 radical (unpaired) electrons. The number of thiophene rings is 1. The smallest absolute Gasteiger partial charge is 0.264 e. The Kier molecular flexibility index (Phi) is 6.43. The molecule has 0 saturated carbocycles. The predicted octanol–water partition coefficient (Wildman–Crippen LogP) is 2.96. The fourth-order valence-electron chi connectivity index (χ4n) is 2.36. The average Bonchev–Trinajstić information content (AvgIpc) is 3.36. The standard InChI is InChI=1S/C19H21N3O4S/c1-22(19(23)12-16-4-3-11-27-16)10-9-17-20-18(26-21-17)13-25-15-7-5-14(24-2)6-8-15/h3-8,11H,9-10,12-13H2,1-2H3. The lowest BCUT2D eigenvalue weighted by Gasteiger charge is -2.15. The molecule has 1 aromatic carbocycles. The van der Waals surface area contributed by atoms with Gasteiger partial charge in [0.05, 0.1) is 13.5 Å². The Morgan fingerprint density at radius 3 is 2.70 bits per heavy atom. The molecule has 0 N–H and O–H groups in total. The number of aromatic nitrogens is 2. The summed E-state index contributed by atoms with van der Waals surface area (Å²) < 4.78 is 15.9. The molecule has 7 nitrogen and oxygen atoms in total. The highest BCUT2D eigenvalue weighted by Crippen LogP contribution is 2.18. The highest BCUT2D eigenvalue weighted by atomic mass is 32.1. The number of methoxy groups -OCH3 is 1. The van der Waals surface area contributed by atoms with Crippen molar-refractivity contribution in [2.24, 2.45) is 0 Å². The number of nitrogens with zero attached hydrogens (tertiary/aromatic N) is 3. The van der Waals surface area contributed by atoms with E-state index in [1.165, 1.54) is 0 Å². The second-order valence-corrected chi connectivity index (χ2v) is 6.92. The van der Waals surface area contributed by atoms with E-state index >= 15 is 0 Å². The van der Waals surface area contributed by atoms with Crippen molar-refractivity contribution in [3.8, 4) is 11.5 Å². The number of benzene rings is 1. The summed E-state index contributed by atoms with van der Waals surface area (Å²) in [4.78, 5) is 19.2. The van der Waals surface area contributed by atoms with Crippen LogP contribution in [0.15, 0.2) is 46.3 Å². The SMILES string of the molecule is COc1ccc(OCc2nc(CCN(C)C(=O)Cc3cccs3)no2)cc1. The average molecular weight is 387 g/mol. The maximum atomic E-state index is 12.2. The van der Waals surface area contributed by atoms with Gasteiger partial charge in [-0.15, -0.1) is 11.3 Å². The maximum absolute atomic E-state index is 12.2. The summed E-state index contributed by atoms with van der Waals surface area (Å²) in [6.45, 7) is 0.717. The molecule has 0 bridgehead atoms.